The molecule has 0 aliphatic heterocycles. The molecule has 0 fully saturated rings. The molecule has 3 nitrogen and oxygen atoms in total. The van der Waals surface area contributed by atoms with Crippen LogP contribution in [0.1, 0.15) is 0 Å². The maximum Gasteiger partial charge on any atom is 0.136 e. The number of fused-ring (bicyclic) bond motifs is 8. The second kappa shape index (κ2) is 14.3. The summed E-state index contributed by atoms with van der Waals surface area (Å²) in [5, 5.41) is 7.00. The van der Waals surface area contributed by atoms with E-state index >= 15 is 0 Å². The molecule has 3 heteroatoms. The maximum absolute atomic E-state index is 6.75. The summed E-state index contributed by atoms with van der Waals surface area (Å²) in [7, 11) is 0. The van der Waals surface area contributed by atoms with Gasteiger partial charge in [-0.3, -0.25) is 0 Å². The first-order valence-electron chi connectivity index (χ1n) is 20.8. The number of hydrogen-bond donors (Lipinski definition) is 0. The molecule has 0 saturated heterocycles. The molecule has 0 amide bonds. The molecule has 0 spiro atoms. The van der Waals surface area contributed by atoms with E-state index in [4.69, 9.17) is 4.42 Å². The zero-order valence-corrected chi connectivity index (χ0v) is 33.2. The number of nitrogens with zero attached hydrogens (tertiary/aromatic N) is 2. The summed E-state index contributed by atoms with van der Waals surface area (Å²) in [6, 6.07) is 82.7. The summed E-state index contributed by atoms with van der Waals surface area (Å²) in [5.41, 5.74) is 15.6. The van der Waals surface area contributed by atoms with Gasteiger partial charge in [0.25, 0.3) is 0 Å². The Morgan fingerprint density at radius 2 is 0.885 bits per heavy atom. The van der Waals surface area contributed by atoms with Crippen molar-refractivity contribution < 1.29 is 4.42 Å². The van der Waals surface area contributed by atoms with Gasteiger partial charge in [0.1, 0.15) is 11.2 Å². The molecule has 2 heterocycles. The predicted octanol–water partition coefficient (Wildman–Crippen LogP) is 16.3. The molecule has 12 aromatic rings. The largest absolute Gasteiger partial charge is 0.456 e. The Hall–Kier alpha value is -8.14. The van der Waals surface area contributed by atoms with Crippen LogP contribution in [0, 0.1) is 0 Å². The number of rotatable bonds is 7. The number of furan rings is 1. The van der Waals surface area contributed by atoms with Gasteiger partial charge in [-0.2, -0.15) is 0 Å². The van der Waals surface area contributed by atoms with E-state index in [0.29, 0.717) is 0 Å². The summed E-state index contributed by atoms with van der Waals surface area (Å²) < 4.78 is 9.16. The SMILES string of the molecule is c1ccc(-c2ccc(-c3ccc(N(c4ccccc4)c4ccc5ccc6oc7cccc(-c8cccc9c%10ccccc%10n(-c%10ccccc%10)c89)c7c6c5c4)cc3)cc2)cc1. The number of aromatic nitrogens is 1. The van der Waals surface area contributed by atoms with Crippen LogP contribution in [0.15, 0.2) is 235 Å². The Morgan fingerprint density at radius 1 is 0.344 bits per heavy atom. The van der Waals surface area contributed by atoms with E-state index in [2.05, 4.69) is 240 Å². The van der Waals surface area contributed by atoms with Gasteiger partial charge < -0.3 is 13.9 Å². The van der Waals surface area contributed by atoms with Gasteiger partial charge in [-0.25, -0.2) is 0 Å². The van der Waals surface area contributed by atoms with Crippen LogP contribution < -0.4 is 4.90 Å². The molecule has 12 rings (SSSR count). The van der Waals surface area contributed by atoms with Crippen molar-refractivity contribution >= 4 is 71.6 Å². The van der Waals surface area contributed by atoms with Crippen molar-refractivity contribution in [3.8, 4) is 39.1 Å². The van der Waals surface area contributed by atoms with Crippen molar-refractivity contribution in [2.24, 2.45) is 0 Å². The lowest BCUT2D eigenvalue weighted by Gasteiger charge is -2.26. The summed E-state index contributed by atoms with van der Waals surface area (Å²) in [6.45, 7) is 0. The fourth-order valence-corrected chi connectivity index (χ4v) is 9.38. The van der Waals surface area contributed by atoms with E-state index in [1.54, 1.807) is 0 Å². The monoisotopic (exact) mass is 778 g/mol. The smallest absolute Gasteiger partial charge is 0.136 e. The third-order valence-corrected chi connectivity index (χ3v) is 12.2. The molecule has 61 heavy (non-hydrogen) atoms. The Bertz CT molecular complexity index is 3550. The molecule has 0 bridgehead atoms. The van der Waals surface area contributed by atoms with Crippen molar-refractivity contribution in [1.29, 1.82) is 0 Å². The number of para-hydroxylation sites is 4. The average molecular weight is 779 g/mol. The van der Waals surface area contributed by atoms with Gasteiger partial charge in [0.15, 0.2) is 0 Å². The fourth-order valence-electron chi connectivity index (χ4n) is 9.38. The van der Waals surface area contributed by atoms with Gasteiger partial charge in [0, 0.05) is 49.9 Å². The second-order valence-electron chi connectivity index (χ2n) is 15.7. The number of anilines is 3. The Morgan fingerprint density at radius 3 is 1.64 bits per heavy atom. The van der Waals surface area contributed by atoms with E-state index in [1.165, 1.54) is 49.6 Å². The van der Waals surface area contributed by atoms with Gasteiger partial charge in [-0.1, -0.05) is 164 Å². The van der Waals surface area contributed by atoms with E-state index in [0.717, 1.165) is 61.0 Å². The minimum Gasteiger partial charge on any atom is -0.456 e. The van der Waals surface area contributed by atoms with Crippen molar-refractivity contribution in [3.05, 3.63) is 231 Å². The highest BCUT2D eigenvalue weighted by atomic mass is 16.3. The van der Waals surface area contributed by atoms with Gasteiger partial charge in [-0.05, 0) is 105 Å². The molecule has 0 aliphatic rings. The summed E-state index contributed by atoms with van der Waals surface area (Å²) >= 11 is 0. The lowest BCUT2D eigenvalue weighted by molar-refractivity contribution is 0.669. The molecule has 286 valence electrons. The standard InChI is InChI=1S/C58H38N2O/c1-4-14-39(15-5-1)40-26-28-41(29-27-40)42-30-34-46(35-31-42)59(44-16-6-2-7-17-44)47-36-32-43-33-37-55-57(52(43)38-47)56-49(21-13-25-54(56)61-55)51-23-12-22-50-48-20-10-11-24-53(48)60(58(50)51)45-18-8-3-9-19-45/h1-38H. The topological polar surface area (TPSA) is 21.3 Å². The van der Waals surface area contributed by atoms with Gasteiger partial charge in [0.2, 0.25) is 0 Å². The maximum atomic E-state index is 6.75. The summed E-state index contributed by atoms with van der Waals surface area (Å²) in [5.74, 6) is 0. The Balaban J connectivity index is 1.03. The molecule has 0 unspecified atom stereocenters. The Kier molecular flexibility index (Phi) is 8.17. The zero-order valence-electron chi connectivity index (χ0n) is 33.2. The Labute approximate surface area is 353 Å². The van der Waals surface area contributed by atoms with Crippen LogP contribution in [0.4, 0.5) is 17.1 Å². The second-order valence-corrected chi connectivity index (χ2v) is 15.7. The van der Waals surface area contributed by atoms with Gasteiger partial charge in [-0.15, -0.1) is 0 Å². The van der Waals surface area contributed by atoms with E-state index in [9.17, 15) is 0 Å². The highest BCUT2D eigenvalue weighted by Crippen LogP contribution is 2.46. The quantitative estimate of drug-likeness (QED) is 0.161. The van der Waals surface area contributed by atoms with E-state index in [1.807, 2.05) is 0 Å². The van der Waals surface area contributed by atoms with Gasteiger partial charge in [0.05, 0.1) is 11.0 Å². The predicted molar refractivity (Wildman–Crippen MR) is 257 cm³/mol. The molecule has 0 saturated carbocycles. The fraction of sp³-hybridized carbons (Fsp3) is 0. The van der Waals surface area contributed by atoms with Crippen LogP contribution in [-0.2, 0) is 0 Å². The molecule has 10 aromatic carbocycles. The first kappa shape index (κ1) is 34.9. The van der Waals surface area contributed by atoms with Crippen molar-refractivity contribution in [1.82, 2.24) is 4.57 Å². The number of benzene rings is 10. The highest BCUT2D eigenvalue weighted by molar-refractivity contribution is 6.25. The average Bonchev–Trinajstić information content (AvgIpc) is 3.90. The van der Waals surface area contributed by atoms with Crippen LogP contribution >= 0.6 is 0 Å². The third-order valence-electron chi connectivity index (χ3n) is 12.2. The van der Waals surface area contributed by atoms with Gasteiger partial charge >= 0.3 is 0 Å². The zero-order chi connectivity index (χ0) is 40.3. The van der Waals surface area contributed by atoms with Crippen molar-refractivity contribution in [3.63, 3.8) is 0 Å². The molecule has 2 aromatic heterocycles. The molecular weight excluding hydrogens is 741 g/mol. The van der Waals surface area contributed by atoms with Crippen LogP contribution in [0.3, 0.4) is 0 Å². The van der Waals surface area contributed by atoms with Crippen molar-refractivity contribution in [2.45, 2.75) is 0 Å². The number of hydrogen-bond acceptors (Lipinski definition) is 2. The van der Waals surface area contributed by atoms with Crippen LogP contribution in [0.2, 0.25) is 0 Å². The first-order valence-corrected chi connectivity index (χ1v) is 20.8. The first-order chi connectivity index (χ1) is 30.3. The van der Waals surface area contributed by atoms with Crippen LogP contribution in [-0.4, -0.2) is 4.57 Å². The summed E-state index contributed by atoms with van der Waals surface area (Å²) in [6.07, 6.45) is 0. The molecule has 0 aliphatic carbocycles. The summed E-state index contributed by atoms with van der Waals surface area (Å²) in [4.78, 5) is 2.35. The van der Waals surface area contributed by atoms with Crippen LogP contribution in [0.5, 0.6) is 0 Å². The minimum absolute atomic E-state index is 0.872. The third kappa shape index (κ3) is 5.82. The lowest BCUT2D eigenvalue weighted by Crippen LogP contribution is -2.09. The molecule has 0 radical (unpaired) electrons. The molecule has 0 atom stereocenters. The van der Waals surface area contributed by atoms with Crippen LogP contribution in [0.25, 0.3) is 93.6 Å². The van der Waals surface area contributed by atoms with Crippen molar-refractivity contribution in [2.75, 3.05) is 4.90 Å². The molecule has 0 N–H and O–H groups in total. The van der Waals surface area contributed by atoms with E-state index in [-0.39, 0.29) is 0 Å². The highest BCUT2D eigenvalue weighted by Gasteiger charge is 2.22. The molecular formula is C58H38N2O. The lowest BCUT2D eigenvalue weighted by atomic mass is 9.95. The normalized spacial score (nSPS) is 11.6. The van der Waals surface area contributed by atoms with E-state index < -0.39 is 0 Å². The minimum atomic E-state index is 0.872.